The molecular weight excluding hydrogens is 294 g/mol. The van der Waals surface area contributed by atoms with Crippen LogP contribution in [-0.2, 0) is 6.54 Å². The molecule has 2 atom stereocenters. The highest BCUT2D eigenvalue weighted by Gasteiger charge is 2.18. The molecule has 5 nitrogen and oxygen atoms in total. The molecule has 0 aliphatic heterocycles. The monoisotopic (exact) mass is 319 g/mol. The molecule has 1 aromatic heterocycles. The topological polar surface area (TPSA) is 73.9 Å². The molecule has 0 radical (unpaired) electrons. The second-order valence-electron chi connectivity index (χ2n) is 6.28. The third-order valence-corrected chi connectivity index (χ3v) is 4.28. The highest BCUT2D eigenvalue weighted by Crippen LogP contribution is 2.24. The molecule has 0 amide bonds. The van der Waals surface area contributed by atoms with Crippen molar-refractivity contribution >= 4 is 11.0 Å². The van der Waals surface area contributed by atoms with Gasteiger partial charge in [0.25, 0.3) is 0 Å². The minimum Gasteiger partial charge on any atom is -0.422 e. The van der Waals surface area contributed by atoms with Crippen LogP contribution in [0.1, 0.15) is 30.5 Å². The molecule has 0 unspecified atom stereocenters. The lowest BCUT2D eigenvalue weighted by atomic mass is 10.0. The number of nitrogens with zero attached hydrogens (tertiary/aromatic N) is 1. The second-order valence-corrected chi connectivity index (χ2v) is 6.28. The lowest BCUT2D eigenvalue weighted by molar-refractivity contribution is 0.0721. The second kappa shape index (κ2) is 7.25. The summed E-state index contributed by atoms with van der Waals surface area (Å²) in [7, 11) is 0. The summed E-state index contributed by atoms with van der Waals surface area (Å²) in [5.74, 6) is 0. The van der Waals surface area contributed by atoms with Crippen LogP contribution in [0.15, 0.2) is 27.4 Å². The van der Waals surface area contributed by atoms with Gasteiger partial charge in [0.05, 0.1) is 12.7 Å². The Bertz CT molecular complexity index is 736. The Kier molecular flexibility index (Phi) is 5.57. The maximum absolute atomic E-state index is 11.9. The Morgan fingerprint density at radius 1 is 1.26 bits per heavy atom. The molecule has 0 saturated heterocycles. The van der Waals surface area contributed by atoms with Gasteiger partial charge in [0, 0.05) is 30.6 Å². The molecule has 0 saturated carbocycles. The van der Waals surface area contributed by atoms with Crippen molar-refractivity contribution in [3.8, 4) is 0 Å². The molecular formula is C18H25NO4. The third-order valence-electron chi connectivity index (χ3n) is 4.28. The summed E-state index contributed by atoms with van der Waals surface area (Å²) in [5, 5.41) is 20.0. The summed E-state index contributed by atoms with van der Waals surface area (Å²) in [6.45, 7) is 8.41. The van der Waals surface area contributed by atoms with Crippen molar-refractivity contribution in [1.82, 2.24) is 4.90 Å². The number of aliphatic hydroxyl groups is 2. The Morgan fingerprint density at radius 3 is 2.57 bits per heavy atom. The summed E-state index contributed by atoms with van der Waals surface area (Å²) in [6, 6.07) is 5.35. The Labute approximate surface area is 136 Å². The van der Waals surface area contributed by atoms with Crippen molar-refractivity contribution in [2.45, 2.75) is 46.4 Å². The van der Waals surface area contributed by atoms with Gasteiger partial charge >= 0.3 is 5.63 Å². The first-order chi connectivity index (χ1) is 10.8. The number of benzene rings is 1. The van der Waals surface area contributed by atoms with Gasteiger partial charge in [0.2, 0.25) is 0 Å². The summed E-state index contributed by atoms with van der Waals surface area (Å²) in [6.07, 6.45) is -0.514. The van der Waals surface area contributed by atoms with Crippen LogP contribution in [0.5, 0.6) is 0 Å². The van der Waals surface area contributed by atoms with Gasteiger partial charge in [0.15, 0.2) is 0 Å². The predicted molar refractivity (Wildman–Crippen MR) is 90.6 cm³/mol. The fourth-order valence-electron chi connectivity index (χ4n) is 2.73. The molecule has 2 N–H and O–H groups in total. The third kappa shape index (κ3) is 3.99. The number of rotatable bonds is 6. The van der Waals surface area contributed by atoms with E-state index < -0.39 is 6.10 Å². The highest BCUT2D eigenvalue weighted by atomic mass is 16.4. The number of hydrogen-bond acceptors (Lipinski definition) is 5. The van der Waals surface area contributed by atoms with Crippen molar-refractivity contribution in [2.75, 3.05) is 13.2 Å². The van der Waals surface area contributed by atoms with Crippen LogP contribution in [0.25, 0.3) is 11.0 Å². The SMILES string of the molecule is Cc1ccc2c(CN(C[C@@H](C)O)[C@@H](C)CO)cc(=O)oc2c1C. The fraction of sp³-hybridized carbons (Fsp3) is 0.500. The Balaban J connectivity index is 2.49. The molecule has 126 valence electrons. The van der Waals surface area contributed by atoms with Gasteiger partial charge in [-0.2, -0.15) is 0 Å². The first-order valence-electron chi connectivity index (χ1n) is 7.89. The van der Waals surface area contributed by atoms with Crippen LogP contribution in [0, 0.1) is 13.8 Å². The standard InChI is InChI=1S/C18H25NO4/c1-11-5-6-16-15(7-17(22)23-18(16)14(11)4)9-19(8-13(3)21)12(2)10-20/h5-7,12-13,20-21H,8-10H2,1-4H3/t12-,13+/m0/s1. The maximum Gasteiger partial charge on any atom is 0.336 e. The smallest absolute Gasteiger partial charge is 0.336 e. The van der Waals surface area contributed by atoms with E-state index in [-0.39, 0.29) is 18.3 Å². The number of aryl methyl sites for hydroxylation is 2. The summed E-state index contributed by atoms with van der Waals surface area (Å²) in [4.78, 5) is 13.9. The van der Waals surface area contributed by atoms with Gasteiger partial charge in [-0.3, -0.25) is 4.90 Å². The van der Waals surface area contributed by atoms with Crippen LogP contribution < -0.4 is 5.63 Å². The lowest BCUT2D eigenvalue weighted by Gasteiger charge is -2.29. The van der Waals surface area contributed by atoms with Gasteiger partial charge in [-0.1, -0.05) is 12.1 Å². The Hall–Kier alpha value is -1.69. The molecule has 2 rings (SSSR count). The number of hydrogen-bond donors (Lipinski definition) is 2. The van der Waals surface area contributed by atoms with Crippen molar-refractivity contribution in [3.05, 3.63) is 45.3 Å². The molecule has 0 bridgehead atoms. The molecule has 0 spiro atoms. The van der Waals surface area contributed by atoms with E-state index >= 15 is 0 Å². The number of fused-ring (bicyclic) bond motifs is 1. The van der Waals surface area contributed by atoms with Crippen molar-refractivity contribution < 1.29 is 14.6 Å². The maximum atomic E-state index is 11.9. The van der Waals surface area contributed by atoms with Crippen molar-refractivity contribution in [2.24, 2.45) is 0 Å². The van der Waals surface area contributed by atoms with Crippen LogP contribution >= 0.6 is 0 Å². The molecule has 0 fully saturated rings. The van der Waals surface area contributed by atoms with E-state index in [9.17, 15) is 15.0 Å². The van der Waals surface area contributed by atoms with Gasteiger partial charge in [-0.15, -0.1) is 0 Å². The van der Waals surface area contributed by atoms with E-state index in [2.05, 4.69) is 0 Å². The zero-order chi connectivity index (χ0) is 17.1. The van der Waals surface area contributed by atoms with E-state index in [0.717, 1.165) is 22.1 Å². The zero-order valence-electron chi connectivity index (χ0n) is 14.2. The number of aliphatic hydroxyl groups excluding tert-OH is 2. The van der Waals surface area contributed by atoms with Crippen molar-refractivity contribution in [3.63, 3.8) is 0 Å². The van der Waals surface area contributed by atoms with E-state index in [1.165, 1.54) is 6.07 Å². The van der Waals surface area contributed by atoms with Crippen LogP contribution in [0.4, 0.5) is 0 Å². The van der Waals surface area contributed by atoms with E-state index in [1.807, 2.05) is 37.8 Å². The predicted octanol–water partition coefficient (Wildman–Crippen LogP) is 1.97. The molecule has 2 aromatic rings. The normalized spacial score (nSPS) is 14.4. The van der Waals surface area contributed by atoms with E-state index in [4.69, 9.17) is 4.42 Å². The van der Waals surface area contributed by atoms with Gasteiger partial charge in [-0.05, 0) is 44.4 Å². The molecule has 0 aliphatic carbocycles. The molecule has 23 heavy (non-hydrogen) atoms. The van der Waals surface area contributed by atoms with Crippen molar-refractivity contribution in [1.29, 1.82) is 0 Å². The van der Waals surface area contributed by atoms with Crippen LogP contribution in [0.3, 0.4) is 0 Å². The first kappa shape index (κ1) is 17.7. The minimum absolute atomic E-state index is 0.00969. The summed E-state index contributed by atoms with van der Waals surface area (Å²) >= 11 is 0. The first-order valence-corrected chi connectivity index (χ1v) is 7.89. The average Bonchev–Trinajstić information content (AvgIpc) is 2.49. The molecule has 5 heteroatoms. The lowest BCUT2D eigenvalue weighted by Crippen LogP contribution is -2.39. The summed E-state index contributed by atoms with van der Waals surface area (Å²) < 4.78 is 5.39. The van der Waals surface area contributed by atoms with Crippen LogP contribution in [-0.4, -0.2) is 40.4 Å². The Morgan fingerprint density at radius 2 is 1.96 bits per heavy atom. The van der Waals surface area contributed by atoms with Gasteiger partial charge in [-0.25, -0.2) is 4.79 Å². The van der Waals surface area contributed by atoms with Crippen LogP contribution in [0.2, 0.25) is 0 Å². The zero-order valence-corrected chi connectivity index (χ0v) is 14.2. The molecule has 1 aromatic carbocycles. The van der Waals surface area contributed by atoms with E-state index in [0.29, 0.717) is 18.7 Å². The minimum atomic E-state index is -0.514. The largest absolute Gasteiger partial charge is 0.422 e. The summed E-state index contributed by atoms with van der Waals surface area (Å²) in [5.41, 5.74) is 3.11. The van der Waals surface area contributed by atoms with E-state index in [1.54, 1.807) is 6.92 Å². The van der Waals surface area contributed by atoms with Gasteiger partial charge < -0.3 is 14.6 Å². The highest BCUT2D eigenvalue weighted by molar-refractivity contribution is 5.83. The average molecular weight is 319 g/mol. The molecule has 0 aliphatic rings. The quantitative estimate of drug-likeness (QED) is 0.796. The van der Waals surface area contributed by atoms with Gasteiger partial charge in [0.1, 0.15) is 5.58 Å². The molecule has 1 heterocycles. The fourth-order valence-corrected chi connectivity index (χ4v) is 2.73.